The van der Waals surface area contributed by atoms with Gasteiger partial charge in [-0.25, -0.2) is 53.0 Å². The van der Waals surface area contributed by atoms with E-state index in [0.29, 0.717) is 124 Å². The minimum absolute atomic E-state index is 0.139. The standard InChI is InChI=1S/3C20H21FN8O.C20H22N8O/c3*1-22-14-5-6-16(28-8-7-24-19(14)28)15-9-17(23-2)29-18(26-15)11(10-25-29)20(30)27-13-4-3-12(13)21;1-11-8-14(11)26-20(29)12-10-24-28-17(22-3)9-15(25-18(12)28)16-5-4-13(21-2)19-23-6-7-27(16)19/h3*5-10,12-13,22-23H,3-4H2,1-2H3,(H,27,30);4-7,9-11,14,21-22H,8H2,1-3H3,(H,26,29)/t12-,13?;2*12-,13-;11-,14+/m0100/s1. The number of halogens is 3. The van der Waals surface area contributed by atoms with Crippen LogP contribution >= 0.6 is 0 Å². The van der Waals surface area contributed by atoms with Crippen LogP contribution in [0.25, 0.3) is 90.7 Å². The number of rotatable bonds is 20. The van der Waals surface area contributed by atoms with Gasteiger partial charge in [-0.1, -0.05) is 6.92 Å². The molecule has 8 atom stereocenters. The summed E-state index contributed by atoms with van der Waals surface area (Å²) >= 11 is 0. The van der Waals surface area contributed by atoms with Crippen LogP contribution in [0.3, 0.4) is 0 Å². The number of alkyl halides is 3. The molecule has 119 heavy (non-hydrogen) atoms. The molecular weight excluding hydrogens is 1530 g/mol. The number of nitrogens with one attached hydrogen (secondary N) is 12. The van der Waals surface area contributed by atoms with Gasteiger partial charge in [0.1, 0.15) is 64.0 Å². The molecule has 610 valence electrons. The van der Waals surface area contributed by atoms with Crippen molar-refractivity contribution in [1.29, 1.82) is 0 Å². The van der Waals surface area contributed by atoms with E-state index < -0.39 is 36.6 Å². The van der Waals surface area contributed by atoms with Crippen molar-refractivity contribution in [2.45, 2.75) is 94.6 Å². The summed E-state index contributed by atoms with van der Waals surface area (Å²) < 4.78 is 55.0. The van der Waals surface area contributed by atoms with E-state index in [0.717, 1.165) is 86.0 Å². The maximum atomic E-state index is 13.6. The molecule has 20 rings (SSSR count). The Morgan fingerprint density at radius 2 is 0.563 bits per heavy atom. The molecule has 0 aliphatic heterocycles. The highest BCUT2D eigenvalue weighted by atomic mass is 19.1. The highest BCUT2D eigenvalue weighted by molar-refractivity contribution is 6.03. The fourth-order valence-corrected chi connectivity index (χ4v) is 14.8. The highest BCUT2D eigenvalue weighted by Gasteiger charge is 2.38. The number of carbonyl (C=O) groups is 4. The van der Waals surface area contributed by atoms with Gasteiger partial charge in [0.15, 0.2) is 45.2 Å². The number of hydrogen-bond acceptors (Lipinski definition) is 24. The third-order valence-corrected chi connectivity index (χ3v) is 22.2. The van der Waals surface area contributed by atoms with Crippen molar-refractivity contribution >= 4 is 115 Å². The van der Waals surface area contributed by atoms with Gasteiger partial charge >= 0.3 is 0 Å². The zero-order valence-electron chi connectivity index (χ0n) is 66.1. The predicted octanol–water partition coefficient (Wildman–Crippen LogP) is 9.34. The molecule has 16 heterocycles. The molecule has 4 amide bonds. The number of carbonyl (C=O) groups excluding carboxylic acids is 4. The number of amides is 4. The molecule has 0 radical (unpaired) electrons. The summed E-state index contributed by atoms with van der Waals surface area (Å²) in [5.74, 6) is 2.03. The van der Waals surface area contributed by atoms with Gasteiger partial charge in [0.25, 0.3) is 23.6 Å². The summed E-state index contributed by atoms with van der Waals surface area (Å²) in [6.07, 6.45) is 21.8. The molecule has 4 saturated carbocycles. The molecular formula is C80H85F3N32O4. The first-order valence-corrected chi connectivity index (χ1v) is 38.9. The molecule has 4 fully saturated rings. The van der Waals surface area contributed by atoms with Crippen LogP contribution in [0.1, 0.15) is 93.3 Å². The summed E-state index contributed by atoms with van der Waals surface area (Å²) in [7, 11) is 14.5. The maximum absolute atomic E-state index is 13.6. The van der Waals surface area contributed by atoms with Crippen molar-refractivity contribution in [2.75, 3.05) is 98.9 Å². The van der Waals surface area contributed by atoms with Gasteiger partial charge in [-0.05, 0) is 99.4 Å². The van der Waals surface area contributed by atoms with Crippen molar-refractivity contribution in [3.63, 3.8) is 0 Å². The number of anilines is 8. The molecule has 4 aliphatic carbocycles. The largest absolute Gasteiger partial charge is 0.385 e. The second kappa shape index (κ2) is 31.8. The SMILES string of the molecule is CNc1ccc(-c2cc(NC)n3ncc(C(=O)NC4CC[C@@H]4F)c3n2)n2ccnc12.CNc1ccc(-c2cc(NC)n3ncc(C(=O)N[C@@H]4CC[C@H]4F)c3n2)n2ccnc12.CNc1ccc(-c2cc(NC)n3ncc(C(=O)N[C@@H]4C[C@@H]4C)c3n2)n2ccnc12.CNc1ccc(-c2cc(NC)n3ncc(C(=O)N[C@H]4CC[C@@H]4F)c3n2)n2ccnc12. The Labute approximate surface area is 675 Å². The summed E-state index contributed by atoms with van der Waals surface area (Å²) in [5.41, 5.74) is 15.8. The lowest BCUT2D eigenvalue weighted by atomic mass is 9.90. The average molecular weight is 1620 g/mol. The van der Waals surface area contributed by atoms with Gasteiger partial charge in [-0.15, -0.1) is 0 Å². The van der Waals surface area contributed by atoms with Gasteiger partial charge in [0.05, 0.1) is 111 Å². The second-order valence-electron chi connectivity index (χ2n) is 29.1. The molecule has 0 saturated heterocycles. The maximum Gasteiger partial charge on any atom is 0.257 e. The van der Waals surface area contributed by atoms with E-state index in [2.05, 4.69) is 111 Å². The van der Waals surface area contributed by atoms with Crippen LogP contribution in [0.2, 0.25) is 0 Å². The molecule has 4 aliphatic rings. The minimum atomic E-state index is -0.993. The Bertz CT molecular complexity index is 6130. The second-order valence-corrected chi connectivity index (χ2v) is 29.1. The Kier molecular flexibility index (Phi) is 20.6. The number of nitrogens with zero attached hydrogens (tertiary/aromatic N) is 20. The molecule has 0 bridgehead atoms. The Morgan fingerprint density at radius 1 is 0.328 bits per heavy atom. The Balaban J connectivity index is 0.000000113. The summed E-state index contributed by atoms with van der Waals surface area (Å²) in [4.78, 5) is 87.7. The van der Waals surface area contributed by atoms with Crippen LogP contribution in [0.15, 0.2) is 147 Å². The molecule has 0 spiro atoms. The Morgan fingerprint density at radius 3 is 0.756 bits per heavy atom. The van der Waals surface area contributed by atoms with E-state index in [1.165, 1.54) is 18.6 Å². The molecule has 1 unspecified atom stereocenters. The van der Waals surface area contributed by atoms with Crippen molar-refractivity contribution in [2.24, 2.45) is 5.92 Å². The van der Waals surface area contributed by atoms with E-state index in [-0.39, 0.29) is 29.7 Å². The van der Waals surface area contributed by atoms with Crippen molar-refractivity contribution in [3.8, 4) is 45.6 Å². The Hall–Kier alpha value is -14.7. The smallest absolute Gasteiger partial charge is 0.257 e. The number of hydrogen-bond donors (Lipinski definition) is 12. The number of pyridine rings is 4. The molecule has 12 N–H and O–H groups in total. The van der Waals surface area contributed by atoms with Crippen LogP contribution in [-0.2, 0) is 0 Å². The van der Waals surface area contributed by atoms with Crippen molar-refractivity contribution in [1.82, 2.24) is 117 Å². The molecule has 16 aromatic rings. The van der Waals surface area contributed by atoms with Crippen molar-refractivity contribution in [3.05, 3.63) is 169 Å². The summed E-state index contributed by atoms with van der Waals surface area (Å²) in [5, 5.41) is 53.6. The van der Waals surface area contributed by atoms with E-state index >= 15 is 0 Å². The lowest BCUT2D eigenvalue weighted by molar-refractivity contribution is 0.0820. The van der Waals surface area contributed by atoms with Crippen LogP contribution in [0, 0.1) is 5.92 Å². The first-order chi connectivity index (χ1) is 57.9. The lowest BCUT2D eigenvalue weighted by Crippen LogP contribution is -2.48. The van der Waals surface area contributed by atoms with Gasteiger partial charge in [-0.2, -0.15) is 38.5 Å². The molecule has 0 aromatic carbocycles. The van der Waals surface area contributed by atoms with Crippen LogP contribution < -0.4 is 63.8 Å². The first kappa shape index (κ1) is 76.9. The summed E-state index contributed by atoms with van der Waals surface area (Å²) in [6.45, 7) is 2.13. The molecule has 16 aromatic heterocycles. The zero-order chi connectivity index (χ0) is 82.6. The van der Waals surface area contributed by atoms with E-state index in [1.54, 1.807) is 70.2 Å². The van der Waals surface area contributed by atoms with Gasteiger partial charge in [0, 0.05) is 136 Å². The molecule has 39 heteroatoms. The number of imidazole rings is 4. The summed E-state index contributed by atoms with van der Waals surface area (Å²) in [6, 6.07) is 22.0. The van der Waals surface area contributed by atoms with Crippen LogP contribution in [0.5, 0.6) is 0 Å². The number of aromatic nitrogens is 20. The van der Waals surface area contributed by atoms with Crippen LogP contribution in [-0.4, -0.2) is 219 Å². The van der Waals surface area contributed by atoms with Gasteiger partial charge in [0.2, 0.25) is 0 Å². The van der Waals surface area contributed by atoms with Gasteiger partial charge < -0.3 is 63.8 Å². The van der Waals surface area contributed by atoms with E-state index in [9.17, 15) is 32.3 Å². The predicted molar refractivity (Wildman–Crippen MR) is 446 cm³/mol. The van der Waals surface area contributed by atoms with E-state index in [4.69, 9.17) is 19.9 Å². The number of fused-ring (bicyclic) bond motifs is 8. The lowest BCUT2D eigenvalue weighted by Gasteiger charge is -2.30. The fourth-order valence-electron chi connectivity index (χ4n) is 14.8. The minimum Gasteiger partial charge on any atom is -0.385 e. The zero-order valence-corrected chi connectivity index (χ0v) is 66.1. The monoisotopic (exact) mass is 1610 g/mol. The third kappa shape index (κ3) is 14.1. The first-order valence-electron chi connectivity index (χ1n) is 38.9. The fraction of sp³-hybridized carbons (Fsp3) is 0.300. The normalized spacial score (nSPS) is 18.3. The molecule has 36 nitrogen and oxygen atoms in total. The highest BCUT2D eigenvalue weighted by Crippen LogP contribution is 2.36. The van der Waals surface area contributed by atoms with Gasteiger partial charge in [-0.3, -0.25) is 36.8 Å². The van der Waals surface area contributed by atoms with Crippen LogP contribution in [0.4, 0.5) is 59.2 Å². The average Bonchev–Trinajstić information content (AvgIpc) is 1.65. The van der Waals surface area contributed by atoms with E-state index in [1.807, 2.05) is 150 Å². The third-order valence-electron chi connectivity index (χ3n) is 22.2. The van der Waals surface area contributed by atoms with Crippen molar-refractivity contribution < 1.29 is 32.3 Å². The quantitative estimate of drug-likeness (QED) is 0.0338. The topological polar surface area (TPSA) is 403 Å².